The predicted octanol–water partition coefficient (Wildman–Crippen LogP) is 3.57. The fourth-order valence-corrected chi connectivity index (χ4v) is 2.29. The molecule has 1 heterocycles. The van der Waals surface area contributed by atoms with Crippen LogP contribution in [0, 0.1) is 5.82 Å². The Morgan fingerprint density at radius 2 is 1.95 bits per heavy atom. The van der Waals surface area contributed by atoms with Crippen LogP contribution in [0.1, 0.15) is 37.1 Å². The van der Waals surface area contributed by atoms with Crippen LogP contribution in [-0.4, -0.2) is 16.4 Å². The lowest BCUT2D eigenvalue weighted by atomic mass is 10.0. The van der Waals surface area contributed by atoms with Gasteiger partial charge in [-0.2, -0.15) is 13.9 Å². The molecule has 0 saturated heterocycles. The summed E-state index contributed by atoms with van der Waals surface area (Å²) < 4.78 is 44.2. The Hall–Kier alpha value is -2.02. The molecule has 1 N–H and O–H groups in total. The monoisotopic (exact) mass is 313 g/mol. The van der Waals surface area contributed by atoms with Crippen molar-refractivity contribution in [1.29, 1.82) is 0 Å². The van der Waals surface area contributed by atoms with Crippen LogP contribution in [0.5, 0.6) is 5.75 Å². The van der Waals surface area contributed by atoms with Gasteiger partial charge in [0.05, 0.1) is 6.20 Å². The summed E-state index contributed by atoms with van der Waals surface area (Å²) in [6.45, 7) is 0.742. The number of ether oxygens (including phenoxy) is 1. The van der Waals surface area contributed by atoms with Crippen molar-refractivity contribution in [2.75, 3.05) is 0 Å². The lowest BCUT2D eigenvalue weighted by Crippen LogP contribution is -2.23. The van der Waals surface area contributed by atoms with Gasteiger partial charge in [-0.3, -0.25) is 4.68 Å². The Bertz CT molecular complexity index is 630. The van der Waals surface area contributed by atoms with Crippen molar-refractivity contribution < 1.29 is 17.9 Å². The van der Waals surface area contributed by atoms with E-state index >= 15 is 0 Å². The van der Waals surface area contributed by atoms with Gasteiger partial charge in [-0.15, -0.1) is 0 Å². The maximum Gasteiger partial charge on any atom is 0.387 e. The molecule has 0 bridgehead atoms. The van der Waals surface area contributed by atoms with Crippen LogP contribution in [0.4, 0.5) is 13.2 Å². The zero-order chi connectivity index (χ0) is 16.3. The maximum atomic E-state index is 13.2. The molecular weight excluding hydrogens is 295 g/mol. The molecule has 22 heavy (non-hydrogen) atoms. The number of nitrogens with one attached hydrogen (secondary N) is 1. The molecule has 4 nitrogen and oxygen atoms in total. The van der Waals surface area contributed by atoms with Crippen molar-refractivity contribution in [3.63, 3.8) is 0 Å². The van der Waals surface area contributed by atoms with E-state index in [1.165, 1.54) is 12.1 Å². The molecule has 0 aliphatic rings. The molecule has 7 heteroatoms. The molecule has 0 fully saturated rings. The van der Waals surface area contributed by atoms with Crippen molar-refractivity contribution in [1.82, 2.24) is 15.1 Å². The van der Waals surface area contributed by atoms with Crippen molar-refractivity contribution >= 4 is 0 Å². The number of alkyl halides is 2. The second-order valence-corrected chi connectivity index (χ2v) is 5.12. The smallest absolute Gasteiger partial charge is 0.387 e. The van der Waals surface area contributed by atoms with Gasteiger partial charge in [0.15, 0.2) is 0 Å². The molecule has 0 spiro atoms. The van der Waals surface area contributed by atoms with Crippen molar-refractivity contribution in [3.8, 4) is 5.75 Å². The minimum atomic E-state index is -3.00. The van der Waals surface area contributed by atoms with Crippen LogP contribution in [0.3, 0.4) is 0 Å². The zero-order valence-corrected chi connectivity index (χ0v) is 12.6. The summed E-state index contributed by atoms with van der Waals surface area (Å²) in [7, 11) is 1.81. The van der Waals surface area contributed by atoms with E-state index in [0.717, 1.165) is 11.6 Å². The number of rotatable bonds is 6. The van der Waals surface area contributed by atoms with E-state index in [-0.39, 0.29) is 17.8 Å². The van der Waals surface area contributed by atoms with E-state index in [2.05, 4.69) is 15.2 Å². The average molecular weight is 313 g/mol. The highest BCUT2D eigenvalue weighted by Gasteiger charge is 2.18. The Morgan fingerprint density at radius 3 is 2.55 bits per heavy atom. The second kappa shape index (κ2) is 6.83. The van der Waals surface area contributed by atoms with Gasteiger partial charge >= 0.3 is 6.61 Å². The predicted molar refractivity (Wildman–Crippen MR) is 76.2 cm³/mol. The molecule has 2 aromatic rings. The third-order valence-electron chi connectivity index (χ3n) is 3.38. The number of hydrogen-bond acceptors (Lipinski definition) is 3. The normalized spacial score (nSPS) is 14.1. The van der Waals surface area contributed by atoms with Gasteiger partial charge in [0, 0.05) is 42.5 Å². The summed E-state index contributed by atoms with van der Waals surface area (Å²) in [5.74, 6) is -0.778. The summed E-state index contributed by atoms with van der Waals surface area (Å²) in [6.07, 6.45) is 3.59. The summed E-state index contributed by atoms with van der Waals surface area (Å²) in [5.41, 5.74) is 1.44. The van der Waals surface area contributed by atoms with Gasteiger partial charge in [-0.25, -0.2) is 4.39 Å². The number of aryl methyl sites for hydroxylation is 1. The first kappa shape index (κ1) is 16.4. The third kappa shape index (κ3) is 4.00. The first-order valence-electron chi connectivity index (χ1n) is 6.85. The van der Waals surface area contributed by atoms with E-state index in [1.807, 2.05) is 20.2 Å². The number of aromatic nitrogens is 2. The number of halogens is 3. The molecule has 0 aliphatic heterocycles. The van der Waals surface area contributed by atoms with Gasteiger partial charge in [-0.1, -0.05) is 6.07 Å². The number of nitrogens with zero attached hydrogens (tertiary/aromatic N) is 2. The van der Waals surface area contributed by atoms with Gasteiger partial charge in [0.25, 0.3) is 0 Å². The number of hydrogen-bond donors (Lipinski definition) is 1. The molecule has 1 aromatic heterocycles. The highest BCUT2D eigenvalue weighted by atomic mass is 19.3. The van der Waals surface area contributed by atoms with Gasteiger partial charge in [0.1, 0.15) is 11.6 Å². The summed E-state index contributed by atoms with van der Waals surface area (Å²) in [6, 6.07) is 3.29. The molecule has 0 unspecified atom stereocenters. The highest BCUT2D eigenvalue weighted by Crippen LogP contribution is 2.29. The van der Waals surface area contributed by atoms with Crippen LogP contribution in [0.15, 0.2) is 30.6 Å². The Kier molecular flexibility index (Phi) is 5.07. The molecular formula is C15H18F3N3O. The first-order valence-corrected chi connectivity index (χ1v) is 6.85. The SMILES string of the molecule is C[C@H](N[C@H](C)c1cnn(C)c1)c1ccc(F)cc1OC(F)F. The Morgan fingerprint density at radius 1 is 1.23 bits per heavy atom. The van der Waals surface area contributed by atoms with E-state index < -0.39 is 12.4 Å². The Balaban J connectivity index is 2.16. The van der Waals surface area contributed by atoms with Crippen molar-refractivity contribution in [2.45, 2.75) is 32.5 Å². The molecule has 0 aliphatic carbocycles. The lowest BCUT2D eigenvalue weighted by molar-refractivity contribution is -0.0508. The topological polar surface area (TPSA) is 39.1 Å². The maximum absolute atomic E-state index is 13.2. The first-order chi connectivity index (χ1) is 10.4. The fourth-order valence-electron chi connectivity index (χ4n) is 2.29. The van der Waals surface area contributed by atoms with Crippen LogP contribution < -0.4 is 10.1 Å². The minimum absolute atomic E-state index is 0.0480. The largest absolute Gasteiger partial charge is 0.434 e. The lowest BCUT2D eigenvalue weighted by Gasteiger charge is -2.21. The summed E-state index contributed by atoms with van der Waals surface area (Å²) in [5, 5.41) is 7.35. The van der Waals surface area contributed by atoms with E-state index in [9.17, 15) is 13.2 Å². The Labute approximate surface area is 126 Å². The van der Waals surface area contributed by atoms with E-state index in [1.54, 1.807) is 17.8 Å². The van der Waals surface area contributed by atoms with Gasteiger partial charge in [0.2, 0.25) is 0 Å². The highest BCUT2D eigenvalue weighted by molar-refractivity contribution is 5.36. The summed E-state index contributed by atoms with van der Waals surface area (Å²) >= 11 is 0. The van der Waals surface area contributed by atoms with Crippen molar-refractivity contribution in [2.24, 2.45) is 7.05 Å². The third-order valence-corrected chi connectivity index (χ3v) is 3.38. The van der Waals surface area contributed by atoms with Crippen LogP contribution in [-0.2, 0) is 7.05 Å². The molecule has 2 atom stereocenters. The van der Waals surface area contributed by atoms with Gasteiger partial charge < -0.3 is 10.1 Å². The zero-order valence-electron chi connectivity index (χ0n) is 12.6. The number of benzene rings is 1. The molecule has 120 valence electrons. The molecule has 0 saturated carbocycles. The molecule has 2 rings (SSSR count). The molecule has 0 amide bonds. The molecule has 0 radical (unpaired) electrons. The van der Waals surface area contributed by atoms with Crippen LogP contribution >= 0.6 is 0 Å². The average Bonchev–Trinajstić information content (AvgIpc) is 2.84. The quantitative estimate of drug-likeness (QED) is 0.886. The second-order valence-electron chi connectivity index (χ2n) is 5.12. The van der Waals surface area contributed by atoms with E-state index in [0.29, 0.717) is 5.56 Å². The van der Waals surface area contributed by atoms with Crippen molar-refractivity contribution in [3.05, 3.63) is 47.5 Å². The minimum Gasteiger partial charge on any atom is -0.434 e. The van der Waals surface area contributed by atoms with Crippen LogP contribution in [0.25, 0.3) is 0 Å². The standard InChI is InChI=1S/C15H18F3N3O/c1-9(11-7-19-21(3)8-11)20-10(2)13-5-4-12(16)6-14(13)22-15(17)18/h4-10,15,20H,1-3H3/t9-,10+/m1/s1. The summed E-state index contributed by atoms with van der Waals surface area (Å²) in [4.78, 5) is 0. The molecule has 1 aromatic carbocycles. The fraction of sp³-hybridized carbons (Fsp3) is 0.400. The van der Waals surface area contributed by atoms with Crippen LogP contribution in [0.2, 0.25) is 0 Å². The van der Waals surface area contributed by atoms with E-state index in [4.69, 9.17) is 0 Å². The van der Waals surface area contributed by atoms with Gasteiger partial charge in [-0.05, 0) is 19.9 Å².